The van der Waals surface area contributed by atoms with Crippen LogP contribution in [-0.4, -0.2) is 16.1 Å². The Morgan fingerprint density at radius 3 is 2.61 bits per heavy atom. The van der Waals surface area contributed by atoms with E-state index in [1.165, 1.54) is 12.3 Å². The molecule has 0 saturated carbocycles. The van der Waals surface area contributed by atoms with Crippen molar-refractivity contribution in [1.29, 1.82) is 0 Å². The fraction of sp³-hybridized carbons (Fsp3) is 0.167. The van der Waals surface area contributed by atoms with Crippen LogP contribution in [0.4, 0.5) is 8.78 Å². The van der Waals surface area contributed by atoms with E-state index in [1.807, 2.05) is 0 Å². The molecule has 0 spiro atoms. The predicted molar refractivity (Wildman–Crippen MR) is 63.4 cm³/mol. The molecule has 1 heterocycles. The third kappa shape index (κ3) is 2.70. The number of thiazole rings is 1. The number of aromatic nitrogens is 1. The second-order valence-electron chi connectivity index (χ2n) is 3.62. The van der Waals surface area contributed by atoms with Crippen molar-refractivity contribution >= 4 is 17.3 Å². The number of aryl methyl sites for hydroxylation is 1. The van der Waals surface area contributed by atoms with E-state index in [-0.39, 0.29) is 17.0 Å². The van der Waals surface area contributed by atoms with E-state index in [4.69, 9.17) is 5.11 Å². The second-order valence-corrected chi connectivity index (χ2v) is 4.74. The number of benzene rings is 1. The molecule has 0 aliphatic carbocycles. The fourth-order valence-electron chi connectivity index (χ4n) is 1.47. The molecule has 0 atom stereocenters. The van der Waals surface area contributed by atoms with Gasteiger partial charge in [0.2, 0.25) is 0 Å². The average molecular weight is 269 g/mol. The first kappa shape index (κ1) is 12.6. The molecule has 0 fully saturated rings. The monoisotopic (exact) mass is 269 g/mol. The third-order valence-electron chi connectivity index (χ3n) is 2.32. The number of hydrogen-bond donors (Lipinski definition) is 1. The zero-order valence-corrected chi connectivity index (χ0v) is 10.0. The number of halogens is 2. The lowest BCUT2D eigenvalue weighted by molar-refractivity contribution is -0.136. The van der Waals surface area contributed by atoms with Crippen LogP contribution in [0.25, 0.3) is 10.6 Å². The van der Waals surface area contributed by atoms with Crippen LogP contribution in [0.15, 0.2) is 24.4 Å². The lowest BCUT2D eigenvalue weighted by Gasteiger charge is -1.99. The van der Waals surface area contributed by atoms with Crippen molar-refractivity contribution in [2.24, 2.45) is 0 Å². The number of carboxylic acid groups (broad SMARTS) is 1. The summed E-state index contributed by atoms with van der Waals surface area (Å²) >= 11 is 1.10. The lowest BCUT2D eigenvalue weighted by Crippen LogP contribution is -1.95. The molecule has 0 aliphatic heterocycles. The molecule has 0 amide bonds. The first-order valence-corrected chi connectivity index (χ1v) is 6.00. The molecule has 1 N–H and O–H groups in total. The molecule has 1 aromatic carbocycles. The van der Waals surface area contributed by atoms with Crippen molar-refractivity contribution < 1.29 is 18.7 Å². The summed E-state index contributed by atoms with van der Waals surface area (Å²) in [5, 5.41) is 8.78. The maximum absolute atomic E-state index is 13.5. The summed E-state index contributed by atoms with van der Waals surface area (Å²) < 4.78 is 27.0. The lowest BCUT2D eigenvalue weighted by atomic mass is 10.2. The highest BCUT2D eigenvalue weighted by Crippen LogP contribution is 2.30. The normalized spacial score (nSPS) is 10.6. The van der Waals surface area contributed by atoms with Gasteiger partial charge in [-0.15, -0.1) is 11.3 Å². The maximum Gasteiger partial charge on any atom is 0.303 e. The number of nitrogens with zero attached hydrogens (tertiary/aromatic N) is 1. The van der Waals surface area contributed by atoms with Gasteiger partial charge < -0.3 is 5.11 Å². The minimum absolute atomic E-state index is 0.0264. The van der Waals surface area contributed by atoms with E-state index >= 15 is 0 Å². The van der Waals surface area contributed by atoms with Gasteiger partial charge in [-0.1, -0.05) is 6.07 Å². The Labute approximate surface area is 106 Å². The van der Waals surface area contributed by atoms with Gasteiger partial charge in [-0.25, -0.2) is 13.8 Å². The molecule has 0 aliphatic rings. The molecule has 3 nitrogen and oxygen atoms in total. The summed E-state index contributed by atoms with van der Waals surface area (Å²) in [6, 6.07) is 3.61. The van der Waals surface area contributed by atoms with Gasteiger partial charge in [0.15, 0.2) is 0 Å². The molecule has 2 rings (SSSR count). The highest BCUT2D eigenvalue weighted by Gasteiger charge is 2.14. The van der Waals surface area contributed by atoms with Crippen LogP contribution in [-0.2, 0) is 11.2 Å². The summed E-state index contributed by atoms with van der Waals surface area (Å²) in [6.45, 7) is 0. The van der Waals surface area contributed by atoms with E-state index < -0.39 is 17.6 Å². The summed E-state index contributed by atoms with van der Waals surface area (Å²) in [4.78, 5) is 15.0. The fourth-order valence-corrected chi connectivity index (χ4v) is 2.43. The summed E-state index contributed by atoms with van der Waals surface area (Å²) in [5.74, 6) is -2.26. The minimum atomic E-state index is -0.915. The zero-order chi connectivity index (χ0) is 13.1. The molecule has 1 aromatic heterocycles. The zero-order valence-electron chi connectivity index (χ0n) is 9.19. The molecule has 0 radical (unpaired) electrons. The maximum atomic E-state index is 13.5. The van der Waals surface area contributed by atoms with Gasteiger partial charge >= 0.3 is 5.97 Å². The molecule has 6 heteroatoms. The molecular formula is C12H9F2NO2S. The number of carboxylic acids is 1. The van der Waals surface area contributed by atoms with Gasteiger partial charge in [0, 0.05) is 11.1 Å². The van der Waals surface area contributed by atoms with Crippen LogP contribution in [0.2, 0.25) is 0 Å². The quantitative estimate of drug-likeness (QED) is 0.927. The van der Waals surface area contributed by atoms with Crippen LogP contribution < -0.4 is 0 Å². The Kier molecular flexibility index (Phi) is 3.66. The number of aliphatic carboxylic acids is 1. The summed E-state index contributed by atoms with van der Waals surface area (Å²) in [7, 11) is 0. The first-order chi connectivity index (χ1) is 8.58. The van der Waals surface area contributed by atoms with Crippen LogP contribution in [0.5, 0.6) is 0 Å². The Hall–Kier alpha value is -1.82. The topological polar surface area (TPSA) is 50.2 Å². The predicted octanol–water partition coefficient (Wildman–Crippen LogP) is 3.11. The Morgan fingerprint density at radius 1 is 1.33 bits per heavy atom. The van der Waals surface area contributed by atoms with E-state index in [1.54, 1.807) is 0 Å². The van der Waals surface area contributed by atoms with Crippen LogP contribution in [0, 0.1) is 11.6 Å². The van der Waals surface area contributed by atoms with Crippen LogP contribution in [0.1, 0.15) is 11.3 Å². The van der Waals surface area contributed by atoms with Gasteiger partial charge in [-0.2, -0.15) is 0 Å². The molecule has 2 aromatic rings. The summed E-state index contributed by atoms with van der Waals surface area (Å²) in [5.41, 5.74) is -0.163. The van der Waals surface area contributed by atoms with Crippen molar-refractivity contribution in [3.8, 4) is 10.6 Å². The standard InChI is InChI=1S/C12H9F2NO2S/c13-8-2-1-3-9(14)11(8)12-15-6-7(18-12)4-5-10(16)17/h1-3,6H,4-5H2,(H,16,17). The van der Waals surface area contributed by atoms with Crippen molar-refractivity contribution in [2.45, 2.75) is 12.8 Å². The molecule has 0 bridgehead atoms. The molecule has 0 unspecified atom stereocenters. The number of carbonyl (C=O) groups is 1. The number of rotatable bonds is 4. The van der Waals surface area contributed by atoms with Gasteiger partial charge in [0.1, 0.15) is 16.6 Å². The van der Waals surface area contributed by atoms with Crippen molar-refractivity contribution in [3.05, 3.63) is 40.9 Å². The van der Waals surface area contributed by atoms with Crippen LogP contribution >= 0.6 is 11.3 Å². The van der Waals surface area contributed by atoms with Gasteiger partial charge in [-0.05, 0) is 18.6 Å². The third-order valence-corrected chi connectivity index (χ3v) is 3.39. The SMILES string of the molecule is O=C(O)CCc1cnc(-c2c(F)cccc2F)s1. The van der Waals surface area contributed by atoms with Gasteiger partial charge in [0.05, 0.1) is 12.0 Å². The van der Waals surface area contributed by atoms with Crippen molar-refractivity contribution in [3.63, 3.8) is 0 Å². The molecule has 0 saturated heterocycles. The Balaban J connectivity index is 2.27. The molecule has 94 valence electrons. The van der Waals surface area contributed by atoms with Crippen molar-refractivity contribution in [2.75, 3.05) is 0 Å². The average Bonchev–Trinajstić information content (AvgIpc) is 2.75. The first-order valence-electron chi connectivity index (χ1n) is 5.19. The van der Waals surface area contributed by atoms with Crippen molar-refractivity contribution in [1.82, 2.24) is 4.98 Å². The van der Waals surface area contributed by atoms with Gasteiger partial charge in [-0.3, -0.25) is 4.79 Å². The van der Waals surface area contributed by atoms with E-state index in [2.05, 4.69) is 4.98 Å². The van der Waals surface area contributed by atoms with Crippen LogP contribution in [0.3, 0.4) is 0 Å². The smallest absolute Gasteiger partial charge is 0.303 e. The number of hydrogen-bond acceptors (Lipinski definition) is 3. The molecular weight excluding hydrogens is 260 g/mol. The summed E-state index contributed by atoms with van der Waals surface area (Å²) in [6.07, 6.45) is 1.74. The Bertz CT molecular complexity index is 563. The molecule has 18 heavy (non-hydrogen) atoms. The van der Waals surface area contributed by atoms with E-state index in [9.17, 15) is 13.6 Å². The Morgan fingerprint density at radius 2 is 2.00 bits per heavy atom. The highest BCUT2D eigenvalue weighted by molar-refractivity contribution is 7.15. The highest BCUT2D eigenvalue weighted by atomic mass is 32.1. The van der Waals surface area contributed by atoms with E-state index in [0.717, 1.165) is 23.5 Å². The second kappa shape index (κ2) is 5.22. The van der Waals surface area contributed by atoms with E-state index in [0.29, 0.717) is 11.3 Å². The van der Waals surface area contributed by atoms with Gasteiger partial charge in [0.25, 0.3) is 0 Å². The minimum Gasteiger partial charge on any atom is -0.481 e. The largest absolute Gasteiger partial charge is 0.481 e.